The number of rotatable bonds is 4. The minimum atomic E-state index is -0.503. The molecule has 6 heteroatoms. The third kappa shape index (κ3) is 4.35. The fourth-order valence-corrected chi connectivity index (χ4v) is 2.95. The average molecular weight is 341 g/mol. The zero-order valence-corrected chi connectivity index (χ0v) is 13.7. The molecule has 0 aliphatic carbocycles. The van der Waals surface area contributed by atoms with Crippen molar-refractivity contribution >= 4 is 17.6 Å². The molecule has 1 aliphatic rings. The number of nitrogens with one attached hydrogen (secondary N) is 2. The molecule has 0 unspecified atom stereocenters. The Labute approximate surface area is 145 Å². The van der Waals surface area contributed by atoms with Crippen molar-refractivity contribution in [3.05, 3.63) is 66.0 Å². The Kier molecular flexibility index (Phi) is 5.28. The molecule has 0 bridgehead atoms. The Morgan fingerprint density at radius 1 is 1.12 bits per heavy atom. The number of amides is 3. The van der Waals surface area contributed by atoms with E-state index in [2.05, 4.69) is 10.6 Å². The van der Waals surface area contributed by atoms with Crippen LogP contribution in [0.1, 0.15) is 18.4 Å². The highest BCUT2D eigenvalue weighted by molar-refractivity contribution is 5.94. The number of benzene rings is 2. The third-order valence-electron chi connectivity index (χ3n) is 4.20. The highest BCUT2D eigenvalue weighted by Gasteiger charge is 2.34. The summed E-state index contributed by atoms with van der Waals surface area (Å²) < 4.78 is 13.2. The molecule has 130 valence electrons. The Morgan fingerprint density at radius 2 is 1.92 bits per heavy atom. The summed E-state index contributed by atoms with van der Waals surface area (Å²) >= 11 is 0. The molecule has 1 aliphatic heterocycles. The van der Waals surface area contributed by atoms with Crippen LogP contribution >= 0.6 is 0 Å². The molecule has 1 atom stereocenters. The number of likely N-dealkylation sites (tertiary alicyclic amines) is 1. The molecule has 3 rings (SSSR count). The number of carbonyl (C=O) groups is 2. The first kappa shape index (κ1) is 17.0. The van der Waals surface area contributed by atoms with Gasteiger partial charge in [-0.2, -0.15) is 0 Å². The van der Waals surface area contributed by atoms with Crippen molar-refractivity contribution in [2.75, 3.05) is 11.9 Å². The lowest BCUT2D eigenvalue weighted by atomic mass is 10.2. The van der Waals surface area contributed by atoms with Crippen LogP contribution in [0.25, 0.3) is 0 Å². The van der Waals surface area contributed by atoms with E-state index in [9.17, 15) is 14.0 Å². The van der Waals surface area contributed by atoms with E-state index in [1.165, 1.54) is 23.1 Å². The number of anilines is 1. The normalized spacial score (nSPS) is 16.5. The smallest absolute Gasteiger partial charge is 0.322 e. The maximum Gasteiger partial charge on any atom is 0.322 e. The van der Waals surface area contributed by atoms with E-state index in [0.717, 1.165) is 12.0 Å². The van der Waals surface area contributed by atoms with Crippen molar-refractivity contribution in [3.8, 4) is 0 Å². The monoisotopic (exact) mass is 341 g/mol. The molecule has 0 radical (unpaired) electrons. The van der Waals surface area contributed by atoms with Gasteiger partial charge in [0.15, 0.2) is 0 Å². The number of urea groups is 1. The van der Waals surface area contributed by atoms with Gasteiger partial charge in [-0.05, 0) is 36.6 Å². The summed E-state index contributed by atoms with van der Waals surface area (Å²) in [6.45, 7) is 0.931. The summed E-state index contributed by atoms with van der Waals surface area (Å²) in [6, 6.07) is 14.4. The fraction of sp³-hybridized carbons (Fsp3) is 0.263. The first-order valence-electron chi connectivity index (χ1n) is 8.28. The van der Waals surface area contributed by atoms with Gasteiger partial charge in [-0.25, -0.2) is 9.18 Å². The maximum atomic E-state index is 13.2. The lowest BCUT2D eigenvalue weighted by molar-refractivity contribution is -0.124. The summed E-state index contributed by atoms with van der Waals surface area (Å²) in [5, 5.41) is 5.53. The number of nitrogens with zero attached hydrogens (tertiary/aromatic N) is 1. The van der Waals surface area contributed by atoms with Crippen LogP contribution in [0.15, 0.2) is 54.6 Å². The summed E-state index contributed by atoms with van der Waals surface area (Å²) in [6.07, 6.45) is 1.39. The van der Waals surface area contributed by atoms with Crippen LogP contribution in [0.5, 0.6) is 0 Å². The molecule has 25 heavy (non-hydrogen) atoms. The number of hydrogen-bond acceptors (Lipinski definition) is 2. The second-order valence-electron chi connectivity index (χ2n) is 6.00. The van der Waals surface area contributed by atoms with Gasteiger partial charge in [0.1, 0.15) is 11.9 Å². The minimum Gasteiger partial charge on any atom is -0.350 e. The van der Waals surface area contributed by atoms with Crippen LogP contribution in [0.2, 0.25) is 0 Å². The van der Waals surface area contributed by atoms with Crippen molar-refractivity contribution in [2.45, 2.75) is 25.4 Å². The van der Waals surface area contributed by atoms with E-state index >= 15 is 0 Å². The topological polar surface area (TPSA) is 61.4 Å². The SMILES string of the molecule is O=C(NCc1ccccc1)[C@@H]1CCCN1C(=O)Nc1cccc(F)c1. The van der Waals surface area contributed by atoms with Gasteiger partial charge >= 0.3 is 6.03 Å². The van der Waals surface area contributed by atoms with Gasteiger partial charge in [0.2, 0.25) is 5.91 Å². The van der Waals surface area contributed by atoms with Gasteiger partial charge in [0, 0.05) is 18.8 Å². The van der Waals surface area contributed by atoms with Crippen LogP contribution in [0.4, 0.5) is 14.9 Å². The van der Waals surface area contributed by atoms with Crippen molar-refractivity contribution in [3.63, 3.8) is 0 Å². The quantitative estimate of drug-likeness (QED) is 0.897. The number of hydrogen-bond donors (Lipinski definition) is 2. The van der Waals surface area contributed by atoms with E-state index in [0.29, 0.717) is 25.2 Å². The zero-order chi connectivity index (χ0) is 17.6. The molecule has 0 saturated carbocycles. The largest absolute Gasteiger partial charge is 0.350 e. The summed E-state index contributed by atoms with van der Waals surface area (Å²) in [5.74, 6) is -0.591. The van der Waals surface area contributed by atoms with E-state index in [1.807, 2.05) is 30.3 Å². The molecule has 2 aromatic rings. The predicted molar refractivity (Wildman–Crippen MR) is 93.4 cm³/mol. The van der Waals surface area contributed by atoms with Crippen molar-refractivity contribution in [1.29, 1.82) is 0 Å². The lowest BCUT2D eigenvalue weighted by Gasteiger charge is -2.24. The van der Waals surface area contributed by atoms with Crippen molar-refractivity contribution in [1.82, 2.24) is 10.2 Å². The molecule has 3 amide bonds. The van der Waals surface area contributed by atoms with Crippen LogP contribution in [0, 0.1) is 5.82 Å². The third-order valence-corrected chi connectivity index (χ3v) is 4.20. The standard InChI is InChI=1S/C19H20FN3O2/c20-15-8-4-9-16(12-15)22-19(25)23-11-5-10-17(23)18(24)21-13-14-6-2-1-3-7-14/h1-4,6-9,12,17H,5,10-11,13H2,(H,21,24)(H,22,25)/t17-/m0/s1. The van der Waals surface area contributed by atoms with Gasteiger partial charge in [-0.3, -0.25) is 4.79 Å². The van der Waals surface area contributed by atoms with Crippen LogP contribution in [-0.4, -0.2) is 29.4 Å². The first-order chi connectivity index (χ1) is 12.1. The van der Waals surface area contributed by atoms with E-state index in [-0.39, 0.29) is 11.9 Å². The molecular weight excluding hydrogens is 321 g/mol. The van der Waals surface area contributed by atoms with Crippen LogP contribution in [-0.2, 0) is 11.3 Å². The Hall–Kier alpha value is -2.89. The highest BCUT2D eigenvalue weighted by atomic mass is 19.1. The Morgan fingerprint density at radius 3 is 2.68 bits per heavy atom. The molecule has 1 saturated heterocycles. The molecule has 0 aromatic heterocycles. The molecule has 5 nitrogen and oxygen atoms in total. The molecule has 0 spiro atoms. The Balaban J connectivity index is 1.59. The van der Waals surface area contributed by atoms with E-state index in [4.69, 9.17) is 0 Å². The zero-order valence-electron chi connectivity index (χ0n) is 13.7. The average Bonchev–Trinajstić information content (AvgIpc) is 3.10. The van der Waals surface area contributed by atoms with Crippen molar-refractivity contribution < 1.29 is 14.0 Å². The van der Waals surface area contributed by atoms with Gasteiger partial charge in [0.05, 0.1) is 0 Å². The summed E-state index contributed by atoms with van der Waals surface area (Å²) in [5.41, 5.74) is 1.38. The van der Waals surface area contributed by atoms with Gasteiger partial charge in [-0.15, -0.1) is 0 Å². The molecule has 2 N–H and O–H groups in total. The minimum absolute atomic E-state index is 0.171. The van der Waals surface area contributed by atoms with Crippen LogP contribution in [0.3, 0.4) is 0 Å². The van der Waals surface area contributed by atoms with Crippen LogP contribution < -0.4 is 10.6 Å². The molecule has 1 fully saturated rings. The molecule has 1 heterocycles. The van der Waals surface area contributed by atoms with Crippen molar-refractivity contribution in [2.24, 2.45) is 0 Å². The fourth-order valence-electron chi connectivity index (χ4n) is 2.95. The maximum absolute atomic E-state index is 13.2. The van der Waals surface area contributed by atoms with E-state index in [1.54, 1.807) is 6.07 Å². The predicted octanol–water partition coefficient (Wildman–Crippen LogP) is 3.14. The summed E-state index contributed by atoms with van der Waals surface area (Å²) in [7, 11) is 0. The van der Waals surface area contributed by atoms with Gasteiger partial charge < -0.3 is 15.5 Å². The van der Waals surface area contributed by atoms with Gasteiger partial charge in [0.25, 0.3) is 0 Å². The Bertz CT molecular complexity index is 751. The molecular formula is C19H20FN3O2. The molecule has 2 aromatic carbocycles. The second kappa shape index (κ2) is 7.79. The first-order valence-corrected chi connectivity index (χ1v) is 8.28. The number of carbonyl (C=O) groups excluding carboxylic acids is 2. The number of halogens is 1. The lowest BCUT2D eigenvalue weighted by Crippen LogP contribution is -2.47. The highest BCUT2D eigenvalue weighted by Crippen LogP contribution is 2.19. The summed E-state index contributed by atoms with van der Waals surface area (Å²) in [4.78, 5) is 26.4. The van der Waals surface area contributed by atoms with E-state index < -0.39 is 11.9 Å². The second-order valence-corrected chi connectivity index (χ2v) is 6.00. The van der Waals surface area contributed by atoms with Gasteiger partial charge in [-0.1, -0.05) is 36.4 Å².